The van der Waals surface area contributed by atoms with Crippen molar-refractivity contribution < 1.29 is 9.47 Å². The Labute approximate surface area is 231 Å². The lowest BCUT2D eigenvalue weighted by atomic mass is 9.90. The Balaban J connectivity index is 0.000000148. The molecule has 4 aliphatic rings. The zero-order valence-corrected chi connectivity index (χ0v) is 24.4. The average Bonchev–Trinajstić information content (AvgIpc) is 3.58. The van der Waals surface area contributed by atoms with E-state index in [1.54, 1.807) is 0 Å². The molecule has 2 aliphatic heterocycles. The van der Waals surface area contributed by atoms with Gasteiger partial charge >= 0.3 is 0 Å². The van der Waals surface area contributed by atoms with E-state index >= 15 is 0 Å². The molecule has 2 aliphatic carbocycles. The molecule has 4 atom stereocenters. The van der Waals surface area contributed by atoms with Crippen molar-refractivity contribution in [1.29, 1.82) is 0 Å². The van der Waals surface area contributed by atoms with Gasteiger partial charge in [0.1, 0.15) is 0 Å². The molecule has 0 spiro atoms. The third-order valence-electron chi connectivity index (χ3n) is 8.25. The second-order valence-electron chi connectivity index (χ2n) is 10.5. The second kappa shape index (κ2) is 13.3. The molecule has 0 N–H and O–H groups in total. The van der Waals surface area contributed by atoms with Crippen LogP contribution in [0.25, 0.3) is 0 Å². The molecule has 10 heteroatoms. The summed E-state index contributed by atoms with van der Waals surface area (Å²) in [7, 11) is 0. The van der Waals surface area contributed by atoms with Crippen molar-refractivity contribution in [2.75, 3.05) is 52.6 Å². The van der Waals surface area contributed by atoms with Crippen molar-refractivity contribution in [2.24, 2.45) is 0 Å². The smallest absolute Gasteiger partial charge is 0.0632 e. The maximum atomic E-state index is 5.44. The molecule has 2 saturated carbocycles. The molecular weight excluding hydrogens is 588 g/mol. The zero-order valence-electron chi connectivity index (χ0n) is 21.2. The standard InChI is InChI=1S/2C13H20BrN3O/c2*14-11-9-15-17(10-11)13-3-1-2-12(8-13)16-4-6-18-7-5-16/h2*9-10,12-13H,1-8H2/t12-,13+;12-,13-/m10/s1. The van der Waals surface area contributed by atoms with Crippen LogP contribution in [0.3, 0.4) is 0 Å². The van der Waals surface area contributed by atoms with Crippen LogP contribution in [0.2, 0.25) is 0 Å². The summed E-state index contributed by atoms with van der Waals surface area (Å²) < 4.78 is 17.3. The van der Waals surface area contributed by atoms with E-state index in [-0.39, 0.29) is 0 Å². The van der Waals surface area contributed by atoms with Gasteiger partial charge in [0.25, 0.3) is 0 Å². The predicted molar refractivity (Wildman–Crippen MR) is 147 cm³/mol. The van der Waals surface area contributed by atoms with Crippen molar-refractivity contribution in [3.8, 4) is 0 Å². The van der Waals surface area contributed by atoms with Gasteiger partial charge in [-0.1, -0.05) is 0 Å². The largest absolute Gasteiger partial charge is 0.379 e. The highest BCUT2D eigenvalue weighted by Crippen LogP contribution is 2.33. The van der Waals surface area contributed by atoms with Crippen LogP contribution in [-0.4, -0.2) is 94.1 Å². The van der Waals surface area contributed by atoms with Crippen LogP contribution in [0.4, 0.5) is 0 Å². The fraction of sp³-hybridized carbons (Fsp3) is 0.769. The van der Waals surface area contributed by atoms with E-state index in [4.69, 9.17) is 9.47 Å². The number of nitrogens with zero attached hydrogens (tertiary/aromatic N) is 6. The number of rotatable bonds is 4. The van der Waals surface area contributed by atoms with Crippen molar-refractivity contribution >= 4 is 31.9 Å². The first-order valence-corrected chi connectivity index (χ1v) is 15.3. The van der Waals surface area contributed by atoms with Gasteiger partial charge < -0.3 is 9.47 Å². The summed E-state index contributed by atoms with van der Waals surface area (Å²) >= 11 is 6.96. The van der Waals surface area contributed by atoms with E-state index in [2.05, 4.69) is 73.6 Å². The number of hydrogen-bond acceptors (Lipinski definition) is 6. The Morgan fingerprint density at radius 3 is 1.36 bits per heavy atom. The van der Waals surface area contributed by atoms with Crippen LogP contribution in [0.5, 0.6) is 0 Å². The van der Waals surface area contributed by atoms with Gasteiger partial charge in [-0.15, -0.1) is 0 Å². The third kappa shape index (κ3) is 7.20. The van der Waals surface area contributed by atoms with Crippen LogP contribution in [-0.2, 0) is 9.47 Å². The molecule has 4 heterocycles. The number of hydrogen-bond donors (Lipinski definition) is 0. The summed E-state index contributed by atoms with van der Waals surface area (Å²) in [5.41, 5.74) is 0. The molecule has 0 unspecified atom stereocenters. The van der Waals surface area contributed by atoms with Crippen LogP contribution >= 0.6 is 31.9 Å². The van der Waals surface area contributed by atoms with Crippen LogP contribution < -0.4 is 0 Å². The van der Waals surface area contributed by atoms with Crippen LogP contribution in [0.1, 0.15) is 63.5 Å². The summed E-state index contributed by atoms with van der Waals surface area (Å²) in [6.45, 7) is 7.98. The Kier molecular flexibility index (Phi) is 9.93. The summed E-state index contributed by atoms with van der Waals surface area (Å²) in [6, 6.07) is 2.57. The Hall–Kier alpha value is -0.780. The molecule has 2 aromatic heterocycles. The van der Waals surface area contributed by atoms with Crippen molar-refractivity contribution in [3.63, 3.8) is 0 Å². The summed E-state index contributed by atoms with van der Waals surface area (Å²) in [5, 5.41) is 8.89. The highest BCUT2D eigenvalue weighted by molar-refractivity contribution is 9.10. The molecule has 0 amide bonds. The summed E-state index contributed by atoms with van der Waals surface area (Å²) in [6.07, 6.45) is 18.2. The predicted octanol–water partition coefficient (Wildman–Crippen LogP) is 4.92. The van der Waals surface area contributed by atoms with Crippen LogP contribution in [0.15, 0.2) is 33.7 Å². The quantitative estimate of drug-likeness (QED) is 0.480. The highest BCUT2D eigenvalue weighted by atomic mass is 79.9. The fourth-order valence-electron chi connectivity index (χ4n) is 6.34. The zero-order chi connectivity index (χ0) is 24.7. The minimum absolute atomic E-state index is 0.567. The molecule has 4 fully saturated rings. The molecule has 0 aromatic carbocycles. The normalized spacial score (nSPS) is 30.5. The van der Waals surface area contributed by atoms with Gasteiger partial charge in [0.05, 0.1) is 59.9 Å². The van der Waals surface area contributed by atoms with Gasteiger partial charge in [0.15, 0.2) is 0 Å². The Morgan fingerprint density at radius 1 is 0.611 bits per heavy atom. The number of morpholine rings is 2. The SMILES string of the molecule is Brc1cnn([C@H]2CCC[C@@H](N3CCOCC3)C2)c1.Brc1cnn([C@H]2CCC[C@H](N3CCOCC3)C2)c1. The first-order valence-electron chi connectivity index (χ1n) is 13.7. The Morgan fingerprint density at radius 2 is 1.00 bits per heavy atom. The van der Waals surface area contributed by atoms with Gasteiger partial charge in [-0.25, -0.2) is 0 Å². The number of aromatic nitrogens is 4. The molecule has 8 nitrogen and oxygen atoms in total. The van der Waals surface area contributed by atoms with Gasteiger partial charge in [-0.05, 0) is 83.2 Å². The highest BCUT2D eigenvalue weighted by Gasteiger charge is 2.30. The maximum Gasteiger partial charge on any atom is 0.0632 e. The lowest BCUT2D eigenvalue weighted by Gasteiger charge is -2.39. The van der Waals surface area contributed by atoms with Gasteiger partial charge in [-0.3, -0.25) is 19.2 Å². The first-order chi connectivity index (χ1) is 17.7. The lowest BCUT2D eigenvalue weighted by molar-refractivity contribution is 0.00311. The van der Waals surface area contributed by atoms with E-state index in [0.29, 0.717) is 12.1 Å². The van der Waals surface area contributed by atoms with Crippen molar-refractivity contribution in [2.45, 2.75) is 75.5 Å². The third-order valence-corrected chi connectivity index (χ3v) is 9.07. The van der Waals surface area contributed by atoms with E-state index < -0.39 is 0 Å². The van der Waals surface area contributed by atoms with Crippen molar-refractivity contribution in [3.05, 3.63) is 33.7 Å². The lowest BCUT2D eigenvalue weighted by Crippen LogP contribution is -2.45. The van der Waals surface area contributed by atoms with Crippen molar-refractivity contribution in [1.82, 2.24) is 29.4 Å². The monoisotopic (exact) mass is 626 g/mol. The minimum atomic E-state index is 0.567. The van der Waals surface area contributed by atoms with Crippen LogP contribution in [0, 0.1) is 0 Å². The van der Waals surface area contributed by atoms with Gasteiger partial charge in [-0.2, -0.15) is 10.2 Å². The maximum absolute atomic E-state index is 5.44. The first kappa shape index (κ1) is 26.8. The summed E-state index contributed by atoms with van der Waals surface area (Å²) in [4.78, 5) is 5.21. The molecular formula is C26H40Br2N6O2. The van der Waals surface area contributed by atoms with Gasteiger partial charge in [0, 0.05) is 50.7 Å². The molecule has 2 aromatic rings. The van der Waals surface area contributed by atoms with Gasteiger partial charge in [0.2, 0.25) is 0 Å². The molecule has 36 heavy (non-hydrogen) atoms. The minimum Gasteiger partial charge on any atom is -0.379 e. The molecule has 2 saturated heterocycles. The molecule has 6 rings (SSSR count). The molecule has 0 bridgehead atoms. The molecule has 0 radical (unpaired) electrons. The Bertz CT molecular complexity index is 853. The number of ether oxygens (including phenoxy) is 2. The average molecular weight is 628 g/mol. The number of halogens is 2. The van der Waals surface area contributed by atoms with E-state index in [0.717, 1.165) is 73.6 Å². The van der Waals surface area contributed by atoms with E-state index in [9.17, 15) is 0 Å². The summed E-state index contributed by atoms with van der Waals surface area (Å²) in [5.74, 6) is 0. The second-order valence-corrected chi connectivity index (χ2v) is 12.4. The topological polar surface area (TPSA) is 60.6 Å². The fourth-order valence-corrected chi connectivity index (χ4v) is 6.94. The van der Waals surface area contributed by atoms with E-state index in [1.165, 1.54) is 51.4 Å². The molecule has 200 valence electrons. The van der Waals surface area contributed by atoms with E-state index in [1.807, 2.05) is 12.4 Å².